The normalized spacial score (nSPS) is 11.6. The Morgan fingerprint density at radius 1 is 0.946 bits per heavy atom. The van der Waals surface area contributed by atoms with Crippen LogP contribution in [0.25, 0.3) is 16.5 Å². The molecule has 0 aliphatic heterocycles. The summed E-state index contributed by atoms with van der Waals surface area (Å²) in [5.41, 5.74) is 19.6. The molecule has 0 bridgehead atoms. The van der Waals surface area contributed by atoms with Crippen molar-refractivity contribution in [2.45, 2.75) is 75.7 Å². The number of aromatic amines is 1. The standard InChI is InChI=1S/C30H38N2.C2H6.CH4N2/c1-18-12-13-27(17-21(18)4)23(6)16-22(5)24(7)25(8)31-15-14-28-26(9)32-30-20(3)11-10-19(2)29(28)30;1-2;2-1-3/h10-13,16-17,31-32H,5,14-15H2,1-4,6-9H3;1-2H3;1H,(H3,2,3)/b23-16+,25-24+;;. The molecule has 4 nitrogen and oxygen atoms in total. The molecule has 0 saturated heterocycles. The summed E-state index contributed by atoms with van der Waals surface area (Å²) in [6.45, 7) is 26.6. The van der Waals surface area contributed by atoms with Crippen molar-refractivity contribution in [1.82, 2.24) is 10.3 Å². The summed E-state index contributed by atoms with van der Waals surface area (Å²) in [5.74, 6) is 0. The lowest BCUT2D eigenvalue weighted by Crippen LogP contribution is -2.16. The van der Waals surface area contributed by atoms with Gasteiger partial charge in [-0.15, -0.1) is 0 Å². The van der Waals surface area contributed by atoms with E-state index in [9.17, 15) is 0 Å². The highest BCUT2D eigenvalue weighted by Gasteiger charge is 2.12. The van der Waals surface area contributed by atoms with Gasteiger partial charge in [0.25, 0.3) is 0 Å². The van der Waals surface area contributed by atoms with Gasteiger partial charge in [-0.2, -0.15) is 0 Å². The van der Waals surface area contributed by atoms with E-state index in [0.29, 0.717) is 0 Å². The summed E-state index contributed by atoms with van der Waals surface area (Å²) in [6.07, 6.45) is 3.94. The fraction of sp³-hybridized carbons (Fsp3) is 0.364. The molecule has 1 heterocycles. The number of nitrogens with one attached hydrogen (secondary N) is 3. The average molecular weight is 501 g/mol. The van der Waals surface area contributed by atoms with E-state index in [1.54, 1.807) is 0 Å². The van der Waals surface area contributed by atoms with Crippen LogP contribution in [0.2, 0.25) is 0 Å². The molecule has 5 N–H and O–H groups in total. The fourth-order valence-corrected chi connectivity index (χ4v) is 4.31. The van der Waals surface area contributed by atoms with E-state index in [1.807, 2.05) is 13.8 Å². The fourth-order valence-electron chi connectivity index (χ4n) is 4.31. The average Bonchev–Trinajstić information content (AvgIpc) is 3.21. The van der Waals surface area contributed by atoms with Crippen LogP contribution >= 0.6 is 0 Å². The third-order valence-corrected chi connectivity index (χ3v) is 6.85. The molecule has 200 valence electrons. The Kier molecular flexibility index (Phi) is 12.7. The molecule has 3 rings (SSSR count). The highest BCUT2D eigenvalue weighted by Crippen LogP contribution is 2.28. The maximum atomic E-state index is 5.86. The van der Waals surface area contributed by atoms with Crippen LogP contribution < -0.4 is 11.1 Å². The highest BCUT2D eigenvalue weighted by atomic mass is 14.9. The summed E-state index contributed by atoms with van der Waals surface area (Å²) in [4.78, 5) is 3.60. The van der Waals surface area contributed by atoms with Crippen LogP contribution in [-0.4, -0.2) is 17.9 Å². The number of benzene rings is 2. The van der Waals surface area contributed by atoms with Gasteiger partial charge >= 0.3 is 0 Å². The second-order valence-corrected chi connectivity index (χ2v) is 9.42. The second-order valence-electron chi connectivity index (χ2n) is 9.42. The monoisotopic (exact) mass is 500 g/mol. The van der Waals surface area contributed by atoms with Crippen molar-refractivity contribution in [3.63, 3.8) is 0 Å². The quantitative estimate of drug-likeness (QED) is 0.149. The van der Waals surface area contributed by atoms with E-state index < -0.39 is 0 Å². The van der Waals surface area contributed by atoms with Crippen LogP contribution in [0, 0.1) is 40.0 Å². The van der Waals surface area contributed by atoms with Crippen molar-refractivity contribution in [3.05, 3.63) is 98.9 Å². The molecule has 0 amide bonds. The minimum atomic E-state index is 0.750. The van der Waals surface area contributed by atoms with E-state index in [4.69, 9.17) is 5.41 Å². The third kappa shape index (κ3) is 8.24. The van der Waals surface area contributed by atoms with Crippen LogP contribution in [0.1, 0.15) is 73.7 Å². The zero-order chi connectivity index (χ0) is 28.3. The first-order chi connectivity index (χ1) is 17.5. The molecule has 3 aromatic rings. The van der Waals surface area contributed by atoms with Gasteiger partial charge in [0.05, 0.1) is 6.34 Å². The highest BCUT2D eigenvalue weighted by molar-refractivity contribution is 5.90. The Hall–Kier alpha value is -3.53. The predicted octanol–water partition coefficient (Wildman–Crippen LogP) is 8.37. The molecule has 0 aliphatic rings. The molecule has 4 heteroatoms. The van der Waals surface area contributed by atoms with Crippen LogP contribution in [0.3, 0.4) is 0 Å². The summed E-state index contributed by atoms with van der Waals surface area (Å²) >= 11 is 0. The largest absolute Gasteiger partial charge is 0.390 e. The van der Waals surface area contributed by atoms with Crippen LogP contribution in [0.15, 0.2) is 59.8 Å². The zero-order valence-corrected chi connectivity index (χ0v) is 24.7. The van der Waals surface area contributed by atoms with Gasteiger partial charge in [-0.3, -0.25) is 5.41 Å². The number of rotatable bonds is 7. The van der Waals surface area contributed by atoms with E-state index in [0.717, 1.165) is 24.9 Å². The van der Waals surface area contributed by atoms with Gasteiger partial charge in [-0.05, 0) is 112 Å². The lowest BCUT2D eigenvalue weighted by molar-refractivity contribution is 0.779. The predicted molar refractivity (Wildman–Crippen MR) is 166 cm³/mol. The Bertz CT molecular complexity index is 1290. The van der Waals surface area contributed by atoms with Crippen LogP contribution in [-0.2, 0) is 6.42 Å². The smallest absolute Gasteiger partial charge is 0.0765 e. The van der Waals surface area contributed by atoms with Crippen molar-refractivity contribution in [2.75, 3.05) is 6.54 Å². The van der Waals surface area contributed by atoms with Crippen molar-refractivity contribution in [2.24, 2.45) is 5.73 Å². The summed E-state index contributed by atoms with van der Waals surface area (Å²) in [6, 6.07) is 11.1. The number of nitrogens with two attached hydrogens (primary N) is 1. The minimum absolute atomic E-state index is 0.750. The Morgan fingerprint density at radius 3 is 2.11 bits per heavy atom. The Balaban J connectivity index is 0.00000127. The summed E-state index contributed by atoms with van der Waals surface area (Å²) in [7, 11) is 0. The van der Waals surface area contributed by atoms with Gasteiger partial charge in [0, 0.05) is 28.8 Å². The molecule has 0 fully saturated rings. The van der Waals surface area contributed by atoms with Crippen molar-refractivity contribution < 1.29 is 0 Å². The number of allylic oxidation sites excluding steroid dienone is 5. The Morgan fingerprint density at radius 2 is 1.51 bits per heavy atom. The number of aromatic nitrogens is 1. The van der Waals surface area contributed by atoms with Crippen molar-refractivity contribution in [3.8, 4) is 0 Å². The number of aryl methyl sites for hydroxylation is 5. The van der Waals surface area contributed by atoms with E-state index in [2.05, 4.69) is 114 Å². The molecule has 0 unspecified atom stereocenters. The SMILES string of the molecule is C=C(/C=C(\C)c1ccc(C)c(C)c1)/C(C)=C(\C)NCCc1c(C)[nH]c2c(C)ccc(C)c12.CC.N=CN. The van der Waals surface area contributed by atoms with Gasteiger partial charge in [0.15, 0.2) is 0 Å². The summed E-state index contributed by atoms with van der Waals surface area (Å²) in [5, 5.41) is 10.9. The van der Waals surface area contributed by atoms with Gasteiger partial charge in [-0.1, -0.05) is 56.8 Å². The van der Waals surface area contributed by atoms with Gasteiger partial charge in [0.1, 0.15) is 0 Å². The maximum absolute atomic E-state index is 5.86. The molecule has 0 spiro atoms. The van der Waals surface area contributed by atoms with Crippen LogP contribution in [0.4, 0.5) is 0 Å². The minimum Gasteiger partial charge on any atom is -0.390 e. The molecular weight excluding hydrogens is 452 g/mol. The first-order valence-electron chi connectivity index (χ1n) is 13.2. The van der Waals surface area contributed by atoms with Gasteiger partial charge in [-0.25, -0.2) is 0 Å². The lowest BCUT2D eigenvalue weighted by atomic mass is 9.98. The van der Waals surface area contributed by atoms with Crippen molar-refractivity contribution in [1.29, 1.82) is 5.41 Å². The van der Waals surface area contributed by atoms with Crippen molar-refractivity contribution >= 4 is 22.8 Å². The summed E-state index contributed by atoms with van der Waals surface area (Å²) < 4.78 is 0. The lowest BCUT2D eigenvalue weighted by Gasteiger charge is -2.13. The Labute approximate surface area is 225 Å². The number of hydrogen-bond donors (Lipinski definition) is 4. The number of fused-ring (bicyclic) bond motifs is 1. The topological polar surface area (TPSA) is 77.7 Å². The molecule has 1 aromatic heterocycles. The molecule has 0 aliphatic carbocycles. The zero-order valence-electron chi connectivity index (χ0n) is 24.7. The third-order valence-electron chi connectivity index (χ3n) is 6.85. The molecule has 0 radical (unpaired) electrons. The van der Waals surface area contributed by atoms with E-state index in [-0.39, 0.29) is 0 Å². The van der Waals surface area contributed by atoms with E-state index in [1.165, 1.54) is 66.8 Å². The molecule has 37 heavy (non-hydrogen) atoms. The number of hydrogen-bond acceptors (Lipinski definition) is 2. The maximum Gasteiger partial charge on any atom is 0.0765 e. The number of H-pyrrole nitrogens is 1. The first kappa shape index (κ1) is 31.5. The molecule has 0 saturated carbocycles. The second kappa shape index (κ2) is 14.9. The molecule has 2 aromatic carbocycles. The molecular formula is C33H48N4. The van der Waals surface area contributed by atoms with Gasteiger partial charge < -0.3 is 16.0 Å². The van der Waals surface area contributed by atoms with Gasteiger partial charge in [0.2, 0.25) is 0 Å². The van der Waals surface area contributed by atoms with E-state index >= 15 is 0 Å². The van der Waals surface area contributed by atoms with Crippen LogP contribution in [0.5, 0.6) is 0 Å². The first-order valence-corrected chi connectivity index (χ1v) is 13.2. The molecule has 0 atom stereocenters.